The van der Waals surface area contributed by atoms with Crippen molar-refractivity contribution in [1.82, 2.24) is 20.1 Å². The Kier molecular flexibility index (Phi) is 4.78. The van der Waals surface area contributed by atoms with Crippen molar-refractivity contribution < 1.29 is 0 Å². The van der Waals surface area contributed by atoms with E-state index in [2.05, 4.69) is 67.4 Å². The number of aryl methyl sites for hydroxylation is 2. The van der Waals surface area contributed by atoms with Gasteiger partial charge in [0.05, 0.1) is 0 Å². The molecule has 21 heavy (non-hydrogen) atoms. The quantitative estimate of drug-likeness (QED) is 0.919. The fraction of sp³-hybridized carbons (Fsp3) is 0.529. The molecule has 2 rings (SSSR count). The average Bonchev–Trinajstić information content (AvgIpc) is 2.79. The summed E-state index contributed by atoms with van der Waals surface area (Å²) in [5, 5.41) is 7.79. The lowest BCUT2D eigenvalue weighted by atomic mass is 9.93. The van der Waals surface area contributed by atoms with E-state index in [9.17, 15) is 0 Å². The van der Waals surface area contributed by atoms with E-state index in [0.717, 1.165) is 18.8 Å². The summed E-state index contributed by atoms with van der Waals surface area (Å²) in [6.07, 6.45) is 2.52. The predicted octanol–water partition coefficient (Wildman–Crippen LogP) is 2.84. The molecule has 1 aromatic carbocycles. The summed E-state index contributed by atoms with van der Waals surface area (Å²) in [4.78, 5) is 4.37. The highest BCUT2D eigenvalue weighted by atomic mass is 15.3. The van der Waals surface area contributed by atoms with E-state index in [1.54, 1.807) is 6.33 Å². The molecule has 0 aliphatic rings. The molecule has 0 bridgehead atoms. The second-order valence-electron chi connectivity index (χ2n) is 6.75. The van der Waals surface area contributed by atoms with Crippen LogP contribution in [-0.4, -0.2) is 26.8 Å². The third kappa shape index (κ3) is 4.67. The Hall–Kier alpha value is -1.68. The second kappa shape index (κ2) is 6.39. The molecule has 0 radical (unpaired) electrons. The van der Waals surface area contributed by atoms with Crippen LogP contribution in [-0.2, 0) is 13.5 Å². The first-order valence-corrected chi connectivity index (χ1v) is 7.49. The minimum Gasteiger partial charge on any atom is -0.311 e. The van der Waals surface area contributed by atoms with Crippen LogP contribution in [0.1, 0.15) is 43.6 Å². The van der Waals surface area contributed by atoms with Crippen molar-refractivity contribution in [3.63, 3.8) is 0 Å². The predicted molar refractivity (Wildman–Crippen MR) is 86.4 cm³/mol. The maximum Gasteiger partial charge on any atom is 0.138 e. The summed E-state index contributed by atoms with van der Waals surface area (Å²) in [7, 11) is 1.95. The lowest BCUT2D eigenvalue weighted by molar-refractivity contribution is 0.401. The zero-order valence-electron chi connectivity index (χ0n) is 13.7. The summed E-state index contributed by atoms with van der Waals surface area (Å²) in [5.74, 6) is 1.42. The summed E-state index contributed by atoms with van der Waals surface area (Å²) in [5.41, 5.74) is 2.77. The van der Waals surface area contributed by atoms with Gasteiger partial charge in [-0.1, -0.05) is 29.8 Å². The molecule has 0 fully saturated rings. The summed E-state index contributed by atoms with van der Waals surface area (Å²) in [6, 6.07) is 8.75. The molecule has 0 amide bonds. The van der Waals surface area contributed by atoms with Gasteiger partial charge in [0.2, 0.25) is 0 Å². The Bertz CT molecular complexity index is 580. The number of rotatable bonds is 5. The fourth-order valence-corrected chi connectivity index (χ4v) is 2.39. The van der Waals surface area contributed by atoms with Crippen LogP contribution in [0.25, 0.3) is 0 Å². The highest BCUT2D eigenvalue weighted by molar-refractivity contribution is 5.26. The molecule has 1 aromatic heterocycles. The molecule has 0 spiro atoms. The normalized spacial score (nSPS) is 13.4. The third-order valence-corrected chi connectivity index (χ3v) is 3.63. The molecule has 0 saturated heterocycles. The maximum absolute atomic E-state index is 4.37. The van der Waals surface area contributed by atoms with Crippen LogP contribution in [0.2, 0.25) is 0 Å². The van der Waals surface area contributed by atoms with Gasteiger partial charge in [-0.2, -0.15) is 5.10 Å². The first-order chi connectivity index (χ1) is 9.85. The zero-order valence-corrected chi connectivity index (χ0v) is 13.7. The average molecular weight is 286 g/mol. The van der Waals surface area contributed by atoms with Crippen molar-refractivity contribution in [2.24, 2.45) is 7.05 Å². The van der Waals surface area contributed by atoms with E-state index < -0.39 is 0 Å². The minimum absolute atomic E-state index is 0.113. The number of aromatic nitrogens is 3. The molecular formula is C17H26N4. The van der Waals surface area contributed by atoms with Gasteiger partial charge < -0.3 is 5.32 Å². The lowest BCUT2D eigenvalue weighted by Crippen LogP contribution is -2.39. The largest absolute Gasteiger partial charge is 0.311 e. The van der Waals surface area contributed by atoms with Crippen molar-refractivity contribution in [1.29, 1.82) is 0 Å². The van der Waals surface area contributed by atoms with E-state index in [0.29, 0.717) is 5.92 Å². The third-order valence-electron chi connectivity index (χ3n) is 3.63. The van der Waals surface area contributed by atoms with Gasteiger partial charge in [-0.3, -0.25) is 4.68 Å². The Balaban J connectivity index is 2.19. The first kappa shape index (κ1) is 15.7. The van der Waals surface area contributed by atoms with E-state index in [4.69, 9.17) is 0 Å². The van der Waals surface area contributed by atoms with Crippen LogP contribution in [0.4, 0.5) is 0 Å². The van der Waals surface area contributed by atoms with Gasteiger partial charge in [0.15, 0.2) is 0 Å². The molecule has 0 aliphatic carbocycles. The fourth-order valence-electron chi connectivity index (χ4n) is 2.39. The monoisotopic (exact) mass is 286 g/mol. The molecule has 0 aliphatic heterocycles. The van der Waals surface area contributed by atoms with Gasteiger partial charge >= 0.3 is 0 Å². The van der Waals surface area contributed by atoms with E-state index in [1.165, 1.54) is 11.1 Å². The van der Waals surface area contributed by atoms with Crippen molar-refractivity contribution >= 4 is 0 Å². The van der Waals surface area contributed by atoms with Crippen LogP contribution in [0.3, 0.4) is 0 Å². The number of hydrogen-bond acceptors (Lipinski definition) is 3. The lowest BCUT2D eigenvalue weighted by Gasteiger charge is -2.25. The molecule has 1 unspecified atom stereocenters. The summed E-state index contributed by atoms with van der Waals surface area (Å²) in [6.45, 7) is 9.66. The van der Waals surface area contributed by atoms with Gasteiger partial charge in [0.25, 0.3) is 0 Å². The molecule has 1 heterocycles. The second-order valence-corrected chi connectivity index (χ2v) is 6.75. The van der Waals surface area contributed by atoms with Crippen molar-refractivity contribution in [3.05, 3.63) is 47.5 Å². The SMILES string of the molecule is Cc1cccc(C(CNC(C)(C)C)Cc2ncnn2C)c1. The van der Waals surface area contributed by atoms with Crippen molar-refractivity contribution in [2.75, 3.05) is 6.54 Å². The molecular weight excluding hydrogens is 260 g/mol. The molecule has 4 nitrogen and oxygen atoms in total. The van der Waals surface area contributed by atoms with Crippen LogP contribution >= 0.6 is 0 Å². The first-order valence-electron chi connectivity index (χ1n) is 7.49. The summed E-state index contributed by atoms with van der Waals surface area (Å²) < 4.78 is 1.86. The van der Waals surface area contributed by atoms with Gasteiger partial charge in [-0.25, -0.2) is 4.98 Å². The van der Waals surface area contributed by atoms with E-state index in [-0.39, 0.29) is 5.54 Å². The standard InChI is InChI=1S/C17H26N4/c1-13-7-6-8-14(9-13)15(11-19-17(2,3)4)10-16-18-12-20-21(16)5/h6-9,12,15,19H,10-11H2,1-5H3. The molecule has 0 saturated carbocycles. The minimum atomic E-state index is 0.113. The van der Waals surface area contributed by atoms with Crippen molar-refractivity contribution in [2.45, 2.75) is 45.6 Å². The summed E-state index contributed by atoms with van der Waals surface area (Å²) >= 11 is 0. The number of nitrogens with zero attached hydrogens (tertiary/aromatic N) is 3. The number of nitrogens with one attached hydrogen (secondary N) is 1. The molecule has 1 N–H and O–H groups in total. The van der Waals surface area contributed by atoms with E-state index in [1.807, 2.05) is 11.7 Å². The zero-order chi connectivity index (χ0) is 15.5. The number of benzene rings is 1. The number of hydrogen-bond donors (Lipinski definition) is 1. The molecule has 4 heteroatoms. The highest BCUT2D eigenvalue weighted by Gasteiger charge is 2.18. The van der Waals surface area contributed by atoms with Crippen molar-refractivity contribution in [3.8, 4) is 0 Å². The van der Waals surface area contributed by atoms with Crippen LogP contribution in [0, 0.1) is 6.92 Å². The molecule has 1 atom stereocenters. The molecule has 2 aromatic rings. The van der Waals surface area contributed by atoms with Crippen LogP contribution in [0.15, 0.2) is 30.6 Å². The van der Waals surface area contributed by atoms with Gasteiger partial charge in [-0.05, 0) is 33.3 Å². The molecule has 114 valence electrons. The Morgan fingerprint density at radius 3 is 2.62 bits per heavy atom. The van der Waals surface area contributed by atoms with Crippen LogP contribution < -0.4 is 5.32 Å². The van der Waals surface area contributed by atoms with E-state index >= 15 is 0 Å². The Morgan fingerprint density at radius 2 is 2.05 bits per heavy atom. The van der Waals surface area contributed by atoms with Gasteiger partial charge in [0, 0.05) is 31.5 Å². The maximum atomic E-state index is 4.37. The van der Waals surface area contributed by atoms with Gasteiger partial charge in [0.1, 0.15) is 12.2 Å². The Morgan fingerprint density at radius 1 is 1.29 bits per heavy atom. The van der Waals surface area contributed by atoms with Gasteiger partial charge in [-0.15, -0.1) is 0 Å². The smallest absolute Gasteiger partial charge is 0.138 e. The topological polar surface area (TPSA) is 42.7 Å². The van der Waals surface area contributed by atoms with Crippen LogP contribution in [0.5, 0.6) is 0 Å². The Labute approximate surface area is 127 Å². The highest BCUT2D eigenvalue weighted by Crippen LogP contribution is 2.21.